The Morgan fingerprint density at radius 2 is 1.06 bits per heavy atom. The molecule has 49 heavy (non-hydrogen) atoms. The summed E-state index contributed by atoms with van der Waals surface area (Å²) in [4.78, 5) is 8.63. The van der Waals surface area contributed by atoms with Gasteiger partial charge in [-0.3, -0.25) is 0 Å². The molecular formula is C46H28N2O. The van der Waals surface area contributed by atoms with Crippen molar-refractivity contribution >= 4 is 32.6 Å². The molecule has 3 heterocycles. The molecule has 0 radical (unpaired) electrons. The van der Waals surface area contributed by atoms with Crippen molar-refractivity contribution in [3.8, 4) is 45.0 Å². The van der Waals surface area contributed by atoms with Gasteiger partial charge in [0.1, 0.15) is 11.5 Å². The largest absolute Gasteiger partial charge is 0.456 e. The molecule has 228 valence electrons. The lowest BCUT2D eigenvalue weighted by Crippen LogP contribution is -2.32. The van der Waals surface area contributed by atoms with Crippen LogP contribution in [0.5, 0.6) is 11.5 Å². The predicted molar refractivity (Wildman–Crippen MR) is 199 cm³/mol. The first-order chi connectivity index (χ1) is 24.3. The topological polar surface area (TPSA) is 37.9 Å². The molecule has 1 spiro atoms. The maximum absolute atomic E-state index is 7.01. The quantitative estimate of drug-likeness (QED) is 0.208. The minimum absolute atomic E-state index is 0.499. The van der Waals surface area contributed by atoms with Crippen LogP contribution in [0.3, 0.4) is 0 Å². The number of pyridine rings is 1. The monoisotopic (exact) mass is 624 g/mol. The standard InChI is InChI=1S/C46H28N2O/c1-2-11-31-30(10-1)32(23-24-35(31)41-25-22-28-20-21-29-26-27-47-43(29)44(28)48-41)36-14-9-18-40-45(36)49-42-19-8-7-17-39(42)46(40)37-15-5-3-12-33(37)34-13-4-6-16-38(34)46/h1-27,47H. The highest BCUT2D eigenvalue weighted by molar-refractivity contribution is 6.08. The molecule has 0 atom stereocenters. The fourth-order valence-corrected chi connectivity index (χ4v) is 8.71. The van der Waals surface area contributed by atoms with E-state index in [0.717, 1.165) is 66.5 Å². The zero-order valence-electron chi connectivity index (χ0n) is 26.4. The molecule has 1 aliphatic carbocycles. The molecule has 0 fully saturated rings. The summed E-state index contributed by atoms with van der Waals surface area (Å²) in [6.45, 7) is 0. The number of benzene rings is 7. The Bertz CT molecular complexity index is 2780. The van der Waals surface area contributed by atoms with Crippen molar-refractivity contribution in [1.82, 2.24) is 9.97 Å². The lowest BCUT2D eigenvalue weighted by molar-refractivity contribution is 0.438. The van der Waals surface area contributed by atoms with Crippen LogP contribution < -0.4 is 4.74 Å². The van der Waals surface area contributed by atoms with Gasteiger partial charge in [0, 0.05) is 39.2 Å². The number of hydrogen-bond donors (Lipinski definition) is 1. The van der Waals surface area contributed by atoms with Crippen LogP contribution in [-0.4, -0.2) is 9.97 Å². The molecule has 3 nitrogen and oxygen atoms in total. The number of ether oxygens (including phenoxy) is 1. The van der Waals surface area contributed by atoms with E-state index in [2.05, 4.69) is 163 Å². The molecule has 3 heteroatoms. The van der Waals surface area contributed by atoms with Gasteiger partial charge in [0.2, 0.25) is 0 Å². The van der Waals surface area contributed by atoms with Crippen molar-refractivity contribution in [3.05, 3.63) is 186 Å². The molecule has 0 saturated carbocycles. The molecule has 9 aromatic rings. The minimum atomic E-state index is -0.499. The van der Waals surface area contributed by atoms with Crippen LogP contribution in [-0.2, 0) is 5.41 Å². The Labute approximate surface area is 283 Å². The van der Waals surface area contributed by atoms with E-state index in [1.807, 2.05) is 6.20 Å². The van der Waals surface area contributed by atoms with Crippen molar-refractivity contribution in [3.63, 3.8) is 0 Å². The highest BCUT2D eigenvalue weighted by atomic mass is 16.5. The number of rotatable bonds is 2. The molecule has 7 aromatic carbocycles. The van der Waals surface area contributed by atoms with E-state index in [1.54, 1.807) is 0 Å². The first kappa shape index (κ1) is 26.6. The molecule has 1 aliphatic heterocycles. The second-order valence-corrected chi connectivity index (χ2v) is 13.1. The van der Waals surface area contributed by atoms with Crippen LogP contribution in [0, 0.1) is 0 Å². The molecule has 0 amide bonds. The number of nitrogens with one attached hydrogen (secondary N) is 1. The maximum Gasteiger partial charge on any atom is 0.140 e. The summed E-state index contributed by atoms with van der Waals surface area (Å²) in [6.07, 6.45) is 1.98. The number of H-pyrrole nitrogens is 1. The average molecular weight is 625 g/mol. The Balaban J connectivity index is 1.17. The van der Waals surface area contributed by atoms with E-state index in [9.17, 15) is 0 Å². The fraction of sp³-hybridized carbons (Fsp3) is 0.0217. The molecule has 11 rings (SSSR count). The lowest BCUT2D eigenvalue weighted by atomic mass is 9.65. The van der Waals surface area contributed by atoms with Crippen LogP contribution in [0.15, 0.2) is 164 Å². The van der Waals surface area contributed by atoms with Crippen LogP contribution in [0.25, 0.3) is 66.1 Å². The molecule has 0 unspecified atom stereocenters. The summed E-state index contributed by atoms with van der Waals surface area (Å²) >= 11 is 0. The van der Waals surface area contributed by atoms with Gasteiger partial charge in [0.15, 0.2) is 0 Å². The summed E-state index contributed by atoms with van der Waals surface area (Å²) in [6, 6.07) is 56.9. The summed E-state index contributed by atoms with van der Waals surface area (Å²) in [5.41, 5.74) is 13.3. The second kappa shape index (κ2) is 9.79. The highest BCUT2D eigenvalue weighted by Gasteiger charge is 2.51. The third-order valence-corrected chi connectivity index (χ3v) is 10.7. The third kappa shape index (κ3) is 3.49. The van der Waals surface area contributed by atoms with Gasteiger partial charge in [-0.2, -0.15) is 0 Å². The van der Waals surface area contributed by atoms with Gasteiger partial charge in [0.25, 0.3) is 0 Å². The number of hydrogen-bond acceptors (Lipinski definition) is 2. The van der Waals surface area contributed by atoms with Crippen molar-refractivity contribution < 1.29 is 4.74 Å². The van der Waals surface area contributed by atoms with Gasteiger partial charge in [-0.25, -0.2) is 4.98 Å². The Morgan fingerprint density at radius 3 is 1.88 bits per heavy atom. The van der Waals surface area contributed by atoms with Crippen molar-refractivity contribution in [2.24, 2.45) is 0 Å². The highest BCUT2D eigenvalue weighted by Crippen LogP contribution is 2.63. The Kier molecular flexibility index (Phi) is 5.31. The third-order valence-electron chi connectivity index (χ3n) is 10.7. The zero-order chi connectivity index (χ0) is 32.1. The lowest BCUT2D eigenvalue weighted by Gasteiger charge is -2.40. The summed E-state index contributed by atoms with van der Waals surface area (Å²) < 4.78 is 7.01. The van der Waals surface area contributed by atoms with E-state index >= 15 is 0 Å². The minimum Gasteiger partial charge on any atom is -0.456 e. The fourth-order valence-electron chi connectivity index (χ4n) is 8.71. The second-order valence-electron chi connectivity index (χ2n) is 13.1. The first-order valence-corrected chi connectivity index (χ1v) is 16.8. The maximum atomic E-state index is 7.01. The number of fused-ring (bicyclic) bond motifs is 13. The van der Waals surface area contributed by atoms with Crippen LogP contribution >= 0.6 is 0 Å². The molecule has 1 N–H and O–H groups in total. The van der Waals surface area contributed by atoms with Gasteiger partial charge in [-0.1, -0.05) is 140 Å². The number of aromatic amines is 1. The molecule has 2 aliphatic rings. The van der Waals surface area contributed by atoms with Crippen LogP contribution in [0.4, 0.5) is 0 Å². The Morgan fingerprint density at radius 1 is 0.449 bits per heavy atom. The van der Waals surface area contributed by atoms with Gasteiger partial charge in [-0.15, -0.1) is 0 Å². The van der Waals surface area contributed by atoms with Crippen molar-refractivity contribution in [2.45, 2.75) is 5.41 Å². The molecule has 0 bridgehead atoms. The SMILES string of the molecule is c1ccc2c(c1)Oc1c(-c3ccc(-c4ccc5ccc6cc[nH]c6c5n4)c4ccccc34)cccc1C21c2ccccc2-c2ccccc21. The van der Waals surface area contributed by atoms with Crippen LogP contribution in [0.2, 0.25) is 0 Å². The van der Waals surface area contributed by atoms with Crippen LogP contribution in [0.1, 0.15) is 22.3 Å². The normalized spacial score (nSPS) is 13.6. The van der Waals surface area contributed by atoms with Gasteiger partial charge in [-0.05, 0) is 56.8 Å². The van der Waals surface area contributed by atoms with Gasteiger partial charge < -0.3 is 9.72 Å². The van der Waals surface area contributed by atoms with E-state index in [1.165, 1.54) is 33.4 Å². The molecular weight excluding hydrogens is 597 g/mol. The van der Waals surface area contributed by atoms with E-state index in [4.69, 9.17) is 9.72 Å². The van der Waals surface area contributed by atoms with E-state index in [-0.39, 0.29) is 0 Å². The van der Waals surface area contributed by atoms with E-state index < -0.39 is 5.41 Å². The number of para-hydroxylation sites is 2. The van der Waals surface area contributed by atoms with E-state index in [0.29, 0.717) is 0 Å². The number of nitrogens with zero attached hydrogens (tertiary/aromatic N) is 1. The summed E-state index contributed by atoms with van der Waals surface area (Å²) in [7, 11) is 0. The average Bonchev–Trinajstić information content (AvgIpc) is 3.77. The Hall–Kier alpha value is -6.45. The molecule has 2 aromatic heterocycles. The van der Waals surface area contributed by atoms with Gasteiger partial charge >= 0.3 is 0 Å². The number of aromatic nitrogens is 2. The zero-order valence-corrected chi connectivity index (χ0v) is 26.4. The first-order valence-electron chi connectivity index (χ1n) is 16.8. The molecule has 0 saturated heterocycles. The summed E-state index contributed by atoms with van der Waals surface area (Å²) in [5.74, 6) is 1.80. The summed E-state index contributed by atoms with van der Waals surface area (Å²) in [5, 5.41) is 4.61. The van der Waals surface area contributed by atoms with Crippen molar-refractivity contribution in [2.75, 3.05) is 0 Å². The predicted octanol–water partition coefficient (Wildman–Crippen LogP) is 11.7. The van der Waals surface area contributed by atoms with Crippen molar-refractivity contribution in [1.29, 1.82) is 0 Å². The van der Waals surface area contributed by atoms with Gasteiger partial charge in [0.05, 0.1) is 22.1 Å². The smallest absolute Gasteiger partial charge is 0.140 e.